The fourth-order valence-corrected chi connectivity index (χ4v) is 5.48. The van der Waals surface area contributed by atoms with Crippen LogP contribution in [0.15, 0.2) is 30.5 Å². The number of hydrogen-bond donors (Lipinski definition) is 1. The van der Waals surface area contributed by atoms with E-state index in [2.05, 4.69) is 49.3 Å². The molecule has 0 saturated heterocycles. The van der Waals surface area contributed by atoms with Crippen molar-refractivity contribution in [3.63, 3.8) is 0 Å². The highest BCUT2D eigenvalue weighted by molar-refractivity contribution is 6.00. The number of hydrogen-bond acceptors (Lipinski definition) is 3. The van der Waals surface area contributed by atoms with Crippen LogP contribution in [0.4, 0.5) is 5.82 Å². The minimum atomic E-state index is 0.302. The molecule has 0 amide bonds. The molecule has 0 unspecified atom stereocenters. The second-order valence-corrected chi connectivity index (χ2v) is 10.8. The third-order valence-electron chi connectivity index (χ3n) is 7.55. The molecule has 2 aliphatic rings. The maximum absolute atomic E-state index is 12.8. The Labute approximate surface area is 182 Å². The minimum Gasteiger partial charge on any atom is -0.367 e. The summed E-state index contributed by atoms with van der Waals surface area (Å²) in [5.41, 5.74) is 1.27. The summed E-state index contributed by atoms with van der Waals surface area (Å²) in [6.45, 7) is 7.09. The number of rotatable bonds is 5. The van der Waals surface area contributed by atoms with Gasteiger partial charge in [0.25, 0.3) is 0 Å². The molecule has 2 fully saturated rings. The van der Waals surface area contributed by atoms with Crippen LogP contribution in [0.25, 0.3) is 10.8 Å². The van der Waals surface area contributed by atoms with E-state index in [9.17, 15) is 4.79 Å². The standard InChI is InChI=1S/C27H38N2O/c1-27(2,3)23-11-13-24(14-12-23)29-26-17-22-16-20(9-10-21(22)18-28-26)25(30)15-19-7-5-4-6-8-19/h9-10,16-19,23-24H,4-8,11-15H2,1-3H3,(H,28,29). The Morgan fingerprint density at radius 3 is 2.40 bits per heavy atom. The molecule has 2 aliphatic carbocycles. The van der Waals surface area contributed by atoms with E-state index in [0.29, 0.717) is 29.6 Å². The molecule has 0 radical (unpaired) electrons. The molecule has 1 aromatic heterocycles. The smallest absolute Gasteiger partial charge is 0.163 e. The largest absolute Gasteiger partial charge is 0.367 e. The van der Waals surface area contributed by atoms with E-state index in [1.165, 1.54) is 57.8 Å². The monoisotopic (exact) mass is 406 g/mol. The van der Waals surface area contributed by atoms with Crippen LogP contribution in [0.5, 0.6) is 0 Å². The molecular formula is C27H38N2O. The van der Waals surface area contributed by atoms with Crippen LogP contribution in [0, 0.1) is 17.3 Å². The second-order valence-electron chi connectivity index (χ2n) is 10.8. The minimum absolute atomic E-state index is 0.302. The average Bonchev–Trinajstić information content (AvgIpc) is 2.74. The zero-order chi connectivity index (χ0) is 21.1. The van der Waals surface area contributed by atoms with Crippen LogP contribution in [0.1, 0.15) is 95.3 Å². The van der Waals surface area contributed by atoms with Crippen LogP contribution in [-0.4, -0.2) is 16.8 Å². The molecule has 0 spiro atoms. The topological polar surface area (TPSA) is 42.0 Å². The summed E-state index contributed by atoms with van der Waals surface area (Å²) in [6, 6.07) is 8.74. The lowest BCUT2D eigenvalue weighted by Crippen LogP contribution is -2.31. The van der Waals surface area contributed by atoms with Crippen LogP contribution < -0.4 is 5.32 Å². The van der Waals surface area contributed by atoms with Crippen molar-refractivity contribution in [2.75, 3.05) is 5.32 Å². The molecule has 1 N–H and O–H groups in total. The summed E-state index contributed by atoms with van der Waals surface area (Å²) in [7, 11) is 0. The number of aromatic nitrogens is 1. The maximum atomic E-state index is 12.8. The van der Waals surface area contributed by atoms with Gasteiger partial charge in [0.2, 0.25) is 0 Å². The molecule has 1 aromatic carbocycles. The van der Waals surface area contributed by atoms with Gasteiger partial charge in [0, 0.05) is 29.6 Å². The van der Waals surface area contributed by atoms with Crippen molar-refractivity contribution in [3.05, 3.63) is 36.0 Å². The number of Topliss-reactive ketones (excluding diaryl/α,β-unsaturated/α-hetero) is 1. The predicted molar refractivity (Wildman–Crippen MR) is 126 cm³/mol. The van der Waals surface area contributed by atoms with Gasteiger partial charge in [-0.3, -0.25) is 4.79 Å². The van der Waals surface area contributed by atoms with Crippen molar-refractivity contribution >= 4 is 22.4 Å². The lowest BCUT2D eigenvalue weighted by atomic mass is 9.71. The van der Waals surface area contributed by atoms with E-state index in [1.807, 2.05) is 12.3 Å². The van der Waals surface area contributed by atoms with Gasteiger partial charge in [0.05, 0.1) is 0 Å². The fraction of sp³-hybridized carbons (Fsp3) is 0.630. The summed E-state index contributed by atoms with van der Waals surface area (Å²) in [5.74, 6) is 2.65. The molecule has 2 aromatic rings. The van der Waals surface area contributed by atoms with E-state index in [0.717, 1.165) is 28.1 Å². The third kappa shape index (κ3) is 5.22. The fourth-order valence-electron chi connectivity index (χ4n) is 5.48. The number of carbonyl (C=O) groups excluding carboxylic acids is 1. The molecule has 4 rings (SSSR count). The molecule has 0 bridgehead atoms. The van der Waals surface area contributed by atoms with E-state index in [-0.39, 0.29) is 0 Å². The summed E-state index contributed by atoms with van der Waals surface area (Å²) < 4.78 is 0. The number of nitrogens with one attached hydrogen (secondary N) is 1. The number of anilines is 1. The maximum Gasteiger partial charge on any atom is 0.163 e. The van der Waals surface area contributed by atoms with Crippen LogP contribution in [0.3, 0.4) is 0 Å². The lowest BCUT2D eigenvalue weighted by Gasteiger charge is -2.37. The molecule has 0 aliphatic heterocycles. The first-order valence-corrected chi connectivity index (χ1v) is 12.1. The number of pyridine rings is 1. The van der Waals surface area contributed by atoms with Gasteiger partial charge in [0.15, 0.2) is 5.78 Å². The summed E-state index contributed by atoms with van der Waals surface area (Å²) in [4.78, 5) is 17.5. The van der Waals surface area contributed by atoms with Crippen molar-refractivity contribution in [3.8, 4) is 0 Å². The van der Waals surface area contributed by atoms with Crippen molar-refractivity contribution < 1.29 is 4.79 Å². The summed E-state index contributed by atoms with van der Waals surface area (Å²) in [6.07, 6.45) is 14.0. The van der Waals surface area contributed by atoms with Crippen molar-refractivity contribution in [2.45, 2.75) is 91.0 Å². The van der Waals surface area contributed by atoms with E-state index in [1.54, 1.807) is 0 Å². The molecule has 3 nitrogen and oxygen atoms in total. The van der Waals surface area contributed by atoms with Crippen molar-refractivity contribution in [2.24, 2.45) is 17.3 Å². The first-order valence-electron chi connectivity index (χ1n) is 12.1. The number of nitrogens with zero attached hydrogens (tertiary/aromatic N) is 1. The van der Waals surface area contributed by atoms with Gasteiger partial charge in [-0.05, 0) is 60.5 Å². The van der Waals surface area contributed by atoms with Gasteiger partial charge in [-0.25, -0.2) is 4.98 Å². The van der Waals surface area contributed by atoms with Crippen LogP contribution in [-0.2, 0) is 0 Å². The van der Waals surface area contributed by atoms with E-state index in [4.69, 9.17) is 0 Å². The van der Waals surface area contributed by atoms with Crippen LogP contribution in [0.2, 0.25) is 0 Å². The Morgan fingerprint density at radius 1 is 0.967 bits per heavy atom. The first-order chi connectivity index (χ1) is 14.4. The van der Waals surface area contributed by atoms with Gasteiger partial charge >= 0.3 is 0 Å². The Balaban J connectivity index is 1.41. The van der Waals surface area contributed by atoms with Crippen LogP contribution >= 0.6 is 0 Å². The quantitative estimate of drug-likeness (QED) is 0.526. The SMILES string of the molecule is CC(C)(C)C1CCC(Nc2cc3cc(C(=O)CC4CCCCC4)ccc3cn2)CC1. The van der Waals surface area contributed by atoms with E-state index >= 15 is 0 Å². The third-order valence-corrected chi connectivity index (χ3v) is 7.55. The Hall–Kier alpha value is -1.90. The molecule has 30 heavy (non-hydrogen) atoms. The normalized spacial score (nSPS) is 23.4. The second kappa shape index (κ2) is 9.08. The zero-order valence-electron chi connectivity index (χ0n) is 19.0. The van der Waals surface area contributed by atoms with Gasteiger partial charge < -0.3 is 5.32 Å². The average molecular weight is 407 g/mol. The van der Waals surface area contributed by atoms with E-state index < -0.39 is 0 Å². The summed E-state index contributed by atoms with van der Waals surface area (Å²) >= 11 is 0. The highest BCUT2D eigenvalue weighted by Gasteiger charge is 2.29. The molecule has 162 valence electrons. The van der Waals surface area contributed by atoms with Gasteiger partial charge in [-0.1, -0.05) is 65.0 Å². The number of fused-ring (bicyclic) bond motifs is 1. The number of carbonyl (C=O) groups is 1. The molecule has 1 heterocycles. The molecular weight excluding hydrogens is 368 g/mol. The first kappa shape index (κ1) is 21.3. The highest BCUT2D eigenvalue weighted by atomic mass is 16.1. The lowest BCUT2D eigenvalue weighted by molar-refractivity contribution is 0.0950. The Morgan fingerprint density at radius 2 is 1.70 bits per heavy atom. The molecule has 0 atom stereocenters. The molecule has 2 saturated carbocycles. The van der Waals surface area contributed by atoms with Crippen molar-refractivity contribution in [1.82, 2.24) is 4.98 Å². The number of ketones is 1. The van der Waals surface area contributed by atoms with Crippen molar-refractivity contribution in [1.29, 1.82) is 0 Å². The highest BCUT2D eigenvalue weighted by Crippen LogP contribution is 2.38. The Kier molecular flexibility index (Phi) is 6.46. The summed E-state index contributed by atoms with van der Waals surface area (Å²) in [5, 5.41) is 5.88. The predicted octanol–water partition coefficient (Wildman–Crippen LogP) is 7.40. The zero-order valence-corrected chi connectivity index (χ0v) is 19.0. The van der Waals surface area contributed by atoms with Gasteiger partial charge in [0.1, 0.15) is 5.82 Å². The Bertz CT molecular complexity index is 868. The van der Waals surface area contributed by atoms with Gasteiger partial charge in [-0.15, -0.1) is 0 Å². The molecule has 3 heteroatoms. The van der Waals surface area contributed by atoms with Gasteiger partial charge in [-0.2, -0.15) is 0 Å². The number of benzene rings is 1.